The largest absolute Gasteiger partial charge is 0.484 e. The van der Waals surface area contributed by atoms with E-state index in [1.54, 1.807) is 0 Å². The Morgan fingerprint density at radius 2 is 1.12 bits per heavy atom. The first kappa shape index (κ1) is 31.7. The predicted octanol–water partition coefficient (Wildman–Crippen LogP) is 12.6. The summed E-state index contributed by atoms with van der Waals surface area (Å²) in [6, 6.07) is 58.6. The second kappa shape index (κ2) is 12.5. The van der Waals surface area contributed by atoms with E-state index in [1.165, 1.54) is 22.1 Å². The lowest BCUT2D eigenvalue weighted by Gasteiger charge is -2.23. The molecule has 57 heavy (non-hydrogen) atoms. The second-order valence-electron chi connectivity index (χ2n) is 14.7. The van der Waals surface area contributed by atoms with Crippen molar-refractivity contribution >= 4 is 38.9 Å². The first-order chi connectivity index (χ1) is 28.2. The lowest BCUT2D eigenvalue weighted by Crippen LogP contribution is -2.14. The summed E-state index contributed by atoms with van der Waals surface area (Å²) in [5.41, 5.74) is 12.4. The van der Waals surface area contributed by atoms with Gasteiger partial charge < -0.3 is 13.7 Å². The Labute approximate surface area is 328 Å². The van der Waals surface area contributed by atoms with Crippen molar-refractivity contribution in [2.75, 3.05) is 0 Å². The fourth-order valence-electron chi connectivity index (χ4n) is 8.84. The maximum Gasteiger partial charge on any atom is 0.164 e. The monoisotopic (exact) mass is 732 g/mol. The maximum atomic E-state index is 6.99. The number of rotatable bonds is 5. The van der Waals surface area contributed by atoms with E-state index < -0.39 is 0 Å². The van der Waals surface area contributed by atoms with E-state index in [0.717, 1.165) is 66.8 Å². The molecule has 6 heteroatoms. The zero-order chi connectivity index (χ0) is 37.5. The second-order valence-corrected chi connectivity index (χ2v) is 14.7. The molecule has 268 valence electrons. The van der Waals surface area contributed by atoms with E-state index in [-0.39, 0.29) is 12.0 Å². The number of aromatic nitrogens is 4. The van der Waals surface area contributed by atoms with Crippen LogP contribution in [-0.4, -0.2) is 19.5 Å². The van der Waals surface area contributed by atoms with Crippen LogP contribution in [0.5, 0.6) is 5.75 Å². The van der Waals surface area contributed by atoms with Gasteiger partial charge in [0, 0.05) is 55.6 Å². The van der Waals surface area contributed by atoms with Gasteiger partial charge in [0.1, 0.15) is 23.0 Å². The summed E-state index contributed by atoms with van der Waals surface area (Å²) in [6.45, 7) is 0. The van der Waals surface area contributed by atoms with Crippen molar-refractivity contribution in [3.63, 3.8) is 0 Å². The van der Waals surface area contributed by atoms with Gasteiger partial charge in [0.15, 0.2) is 17.5 Å². The molecule has 10 aromatic rings. The molecule has 12 rings (SSSR count). The molecule has 1 aliphatic carbocycles. The standard InChI is InChI=1S/C51H32N4O2/c1-3-12-31(13-4-1)32-22-25-35(26-23-32)55-41-19-9-7-17-38(41)47-42(55)29-28-39-46-40(18-11-21-44(46)57-48(39)47)51-53-49(33-14-5-2-6-15-33)52-50(54-51)34-24-27-37-36-16-8-10-20-43(36)56-45(37)30-34/h1-30,39,48H. The molecule has 0 amide bonds. The van der Waals surface area contributed by atoms with E-state index in [2.05, 4.69) is 126 Å². The van der Waals surface area contributed by atoms with Crippen LogP contribution in [0.15, 0.2) is 180 Å². The number of nitrogens with zero attached hydrogens (tertiary/aromatic N) is 4. The molecule has 3 aromatic heterocycles. The molecule has 0 saturated carbocycles. The SMILES string of the molecule is C1=CC2c3c(cccc3-c3nc(-c4ccccc4)nc(-c4ccc5c(c4)oc4ccccc45)n3)OC2c2c1n(-c1ccc(-c3ccccc3)cc1)c1ccccc21. The van der Waals surface area contributed by atoms with E-state index in [1.807, 2.05) is 60.7 Å². The number of furan rings is 1. The fourth-order valence-corrected chi connectivity index (χ4v) is 8.84. The van der Waals surface area contributed by atoms with E-state index in [4.69, 9.17) is 24.1 Å². The molecular formula is C51H32N4O2. The minimum Gasteiger partial charge on any atom is -0.484 e. The Morgan fingerprint density at radius 1 is 0.474 bits per heavy atom. The molecule has 1 aliphatic heterocycles. The molecule has 4 heterocycles. The Kier molecular flexibility index (Phi) is 6.95. The summed E-state index contributed by atoms with van der Waals surface area (Å²) in [7, 11) is 0. The normalized spacial score (nSPS) is 15.4. The van der Waals surface area contributed by atoms with Gasteiger partial charge in [-0.1, -0.05) is 133 Å². The minimum absolute atomic E-state index is 0.0456. The highest BCUT2D eigenvalue weighted by atomic mass is 16.5. The lowest BCUT2D eigenvalue weighted by atomic mass is 9.83. The first-order valence-corrected chi connectivity index (χ1v) is 19.3. The average Bonchev–Trinajstić information content (AvgIpc) is 3.96. The summed E-state index contributed by atoms with van der Waals surface area (Å²) >= 11 is 0. The van der Waals surface area contributed by atoms with Crippen LogP contribution in [0.2, 0.25) is 0 Å². The third-order valence-corrected chi connectivity index (χ3v) is 11.5. The summed E-state index contributed by atoms with van der Waals surface area (Å²) in [4.78, 5) is 15.4. The van der Waals surface area contributed by atoms with Crippen LogP contribution >= 0.6 is 0 Å². The number of benzene rings is 7. The van der Waals surface area contributed by atoms with Crippen LogP contribution in [0.1, 0.15) is 28.8 Å². The van der Waals surface area contributed by atoms with Gasteiger partial charge >= 0.3 is 0 Å². The summed E-state index contributed by atoms with van der Waals surface area (Å²) in [5, 5.41) is 3.33. The Balaban J connectivity index is 0.984. The molecule has 0 saturated heterocycles. The van der Waals surface area contributed by atoms with Crippen molar-refractivity contribution < 1.29 is 9.15 Å². The molecule has 7 aromatic carbocycles. The van der Waals surface area contributed by atoms with E-state index >= 15 is 0 Å². The molecule has 0 bridgehead atoms. The van der Waals surface area contributed by atoms with Crippen LogP contribution in [0, 0.1) is 0 Å². The average molecular weight is 733 g/mol. The molecule has 0 spiro atoms. The Morgan fingerprint density at radius 3 is 1.95 bits per heavy atom. The quantitative estimate of drug-likeness (QED) is 0.176. The van der Waals surface area contributed by atoms with Crippen molar-refractivity contribution in [1.29, 1.82) is 0 Å². The van der Waals surface area contributed by atoms with Crippen molar-refractivity contribution in [2.45, 2.75) is 12.0 Å². The highest BCUT2D eigenvalue weighted by Gasteiger charge is 2.42. The van der Waals surface area contributed by atoms with Gasteiger partial charge in [0.2, 0.25) is 0 Å². The zero-order valence-electron chi connectivity index (χ0n) is 30.6. The number of hydrogen-bond acceptors (Lipinski definition) is 5. The summed E-state index contributed by atoms with van der Waals surface area (Å²) in [6.07, 6.45) is 4.35. The van der Waals surface area contributed by atoms with Gasteiger partial charge in [-0.3, -0.25) is 0 Å². The van der Waals surface area contributed by atoms with Gasteiger partial charge in [-0.15, -0.1) is 0 Å². The van der Waals surface area contributed by atoms with Crippen LogP contribution in [0.3, 0.4) is 0 Å². The third kappa shape index (κ3) is 5.00. The number of para-hydroxylation sites is 2. The van der Waals surface area contributed by atoms with Gasteiger partial charge in [0.25, 0.3) is 0 Å². The minimum atomic E-state index is -0.221. The van der Waals surface area contributed by atoms with Crippen molar-refractivity contribution in [2.24, 2.45) is 0 Å². The summed E-state index contributed by atoms with van der Waals surface area (Å²) < 4.78 is 15.6. The molecular weight excluding hydrogens is 701 g/mol. The van der Waals surface area contributed by atoms with Gasteiger partial charge in [-0.05, 0) is 59.7 Å². The Hall–Kier alpha value is -7.57. The fraction of sp³-hybridized carbons (Fsp3) is 0.0392. The van der Waals surface area contributed by atoms with Gasteiger partial charge in [-0.2, -0.15) is 0 Å². The predicted molar refractivity (Wildman–Crippen MR) is 227 cm³/mol. The number of hydrogen-bond donors (Lipinski definition) is 0. The first-order valence-electron chi connectivity index (χ1n) is 19.3. The molecule has 2 atom stereocenters. The van der Waals surface area contributed by atoms with Crippen LogP contribution in [-0.2, 0) is 0 Å². The molecule has 0 radical (unpaired) electrons. The highest BCUT2D eigenvalue weighted by Crippen LogP contribution is 2.55. The summed E-state index contributed by atoms with van der Waals surface area (Å²) in [5.74, 6) is 2.59. The number of fused-ring (bicyclic) bond motifs is 10. The third-order valence-electron chi connectivity index (χ3n) is 11.5. The van der Waals surface area contributed by atoms with Crippen molar-refractivity contribution in [1.82, 2.24) is 19.5 Å². The van der Waals surface area contributed by atoms with Crippen LogP contribution in [0.25, 0.3) is 89.9 Å². The van der Waals surface area contributed by atoms with Crippen LogP contribution in [0.4, 0.5) is 0 Å². The van der Waals surface area contributed by atoms with E-state index in [9.17, 15) is 0 Å². The lowest BCUT2D eigenvalue weighted by molar-refractivity contribution is 0.224. The number of ether oxygens (including phenoxy) is 1. The van der Waals surface area contributed by atoms with E-state index in [0.29, 0.717) is 17.5 Å². The topological polar surface area (TPSA) is 66.0 Å². The molecule has 2 unspecified atom stereocenters. The van der Waals surface area contributed by atoms with Gasteiger partial charge in [-0.25, -0.2) is 15.0 Å². The smallest absolute Gasteiger partial charge is 0.164 e. The highest BCUT2D eigenvalue weighted by molar-refractivity contribution is 6.05. The molecule has 6 nitrogen and oxygen atoms in total. The van der Waals surface area contributed by atoms with Crippen molar-refractivity contribution in [3.8, 4) is 56.7 Å². The molecule has 2 aliphatic rings. The van der Waals surface area contributed by atoms with Crippen molar-refractivity contribution in [3.05, 3.63) is 193 Å². The molecule has 0 fully saturated rings. The Bertz CT molecular complexity index is 3220. The molecule has 0 N–H and O–H groups in total. The van der Waals surface area contributed by atoms with Gasteiger partial charge in [0.05, 0.1) is 11.2 Å². The zero-order valence-corrected chi connectivity index (χ0v) is 30.6. The van der Waals surface area contributed by atoms with Crippen LogP contribution < -0.4 is 4.74 Å². The maximum absolute atomic E-state index is 6.99.